The fourth-order valence-corrected chi connectivity index (χ4v) is 3.22. The van der Waals surface area contributed by atoms with Gasteiger partial charge in [0, 0.05) is 58.6 Å². The highest BCUT2D eigenvalue weighted by Crippen LogP contribution is 2.31. The van der Waals surface area contributed by atoms with Crippen molar-refractivity contribution in [1.82, 2.24) is 15.5 Å². The number of rotatable bonds is 9. The van der Waals surface area contributed by atoms with E-state index < -0.39 is 11.7 Å². The van der Waals surface area contributed by atoms with Crippen LogP contribution >= 0.6 is 0 Å². The summed E-state index contributed by atoms with van der Waals surface area (Å²) in [6.45, 7) is 8.93. The van der Waals surface area contributed by atoms with Crippen LogP contribution < -0.4 is 15.5 Å². The molecule has 0 unspecified atom stereocenters. The molecule has 0 aliphatic carbocycles. The van der Waals surface area contributed by atoms with Crippen LogP contribution in [0.1, 0.15) is 18.9 Å². The zero-order valence-corrected chi connectivity index (χ0v) is 17.3. The van der Waals surface area contributed by atoms with Gasteiger partial charge in [0.2, 0.25) is 0 Å². The van der Waals surface area contributed by atoms with Crippen molar-refractivity contribution in [3.63, 3.8) is 0 Å². The second-order valence-electron chi connectivity index (χ2n) is 6.85. The fourth-order valence-electron chi connectivity index (χ4n) is 3.22. The summed E-state index contributed by atoms with van der Waals surface area (Å²) >= 11 is 0. The lowest BCUT2D eigenvalue weighted by molar-refractivity contribution is -0.137. The van der Waals surface area contributed by atoms with Crippen molar-refractivity contribution < 1.29 is 17.9 Å². The van der Waals surface area contributed by atoms with E-state index in [0.29, 0.717) is 25.4 Å². The second-order valence-corrected chi connectivity index (χ2v) is 6.85. The molecule has 0 atom stereocenters. The lowest BCUT2D eigenvalue weighted by Crippen LogP contribution is -2.47. The zero-order chi connectivity index (χ0) is 21.1. The van der Waals surface area contributed by atoms with E-state index in [9.17, 15) is 13.2 Å². The largest absolute Gasteiger partial charge is 0.416 e. The van der Waals surface area contributed by atoms with E-state index in [1.54, 1.807) is 13.1 Å². The third-order valence-electron chi connectivity index (χ3n) is 4.82. The molecule has 1 aliphatic heterocycles. The number of halogens is 3. The third-order valence-corrected chi connectivity index (χ3v) is 4.82. The Hall–Kier alpha value is -2.00. The number of benzene rings is 1. The SMILES string of the molecule is CCOCCNC(=NC)NCCCN1CCN(c2cccc(C(F)(F)F)c2)CC1. The number of hydrogen-bond acceptors (Lipinski definition) is 4. The van der Waals surface area contributed by atoms with Gasteiger partial charge in [-0.1, -0.05) is 6.07 Å². The van der Waals surface area contributed by atoms with Gasteiger partial charge in [0.15, 0.2) is 5.96 Å². The molecule has 164 valence electrons. The molecule has 9 heteroatoms. The van der Waals surface area contributed by atoms with Gasteiger partial charge in [-0.3, -0.25) is 9.89 Å². The number of hydrogen-bond donors (Lipinski definition) is 2. The molecule has 1 aromatic carbocycles. The average Bonchev–Trinajstić information content (AvgIpc) is 2.72. The van der Waals surface area contributed by atoms with Crippen LogP contribution in [0, 0.1) is 0 Å². The molecule has 2 N–H and O–H groups in total. The number of ether oxygens (including phenoxy) is 1. The molecule has 6 nitrogen and oxygen atoms in total. The van der Waals surface area contributed by atoms with Crippen LogP contribution in [-0.4, -0.2) is 76.9 Å². The van der Waals surface area contributed by atoms with Crippen LogP contribution in [0.2, 0.25) is 0 Å². The lowest BCUT2D eigenvalue weighted by Gasteiger charge is -2.36. The fraction of sp³-hybridized carbons (Fsp3) is 0.650. The normalized spacial score (nSPS) is 16.2. The van der Waals surface area contributed by atoms with Gasteiger partial charge >= 0.3 is 6.18 Å². The van der Waals surface area contributed by atoms with Gasteiger partial charge in [0.05, 0.1) is 12.2 Å². The Balaban J connectivity index is 1.66. The highest BCUT2D eigenvalue weighted by Gasteiger charge is 2.31. The van der Waals surface area contributed by atoms with Crippen molar-refractivity contribution in [2.45, 2.75) is 19.5 Å². The Morgan fingerprint density at radius 3 is 2.52 bits per heavy atom. The maximum Gasteiger partial charge on any atom is 0.416 e. The van der Waals surface area contributed by atoms with Crippen LogP contribution in [0.25, 0.3) is 0 Å². The minimum absolute atomic E-state index is 0.591. The van der Waals surface area contributed by atoms with Crippen molar-refractivity contribution in [2.24, 2.45) is 4.99 Å². The quantitative estimate of drug-likeness (QED) is 0.369. The molecule has 0 radical (unpaired) electrons. The predicted molar refractivity (Wildman–Crippen MR) is 111 cm³/mol. The molecule has 0 saturated carbocycles. The predicted octanol–water partition coefficient (Wildman–Crippen LogP) is 2.42. The molecule has 1 saturated heterocycles. The highest BCUT2D eigenvalue weighted by atomic mass is 19.4. The summed E-state index contributed by atoms with van der Waals surface area (Å²) in [5.41, 5.74) is 0.0508. The standard InChI is InChI=1S/C20H32F3N5O/c1-3-29-15-9-26-19(24-2)25-8-5-10-27-11-13-28(14-12-27)18-7-4-6-17(16-18)20(21,22)23/h4,6-7,16H,3,5,8-15H2,1-2H3,(H2,24,25,26). The Bertz CT molecular complexity index is 631. The van der Waals surface area contributed by atoms with E-state index >= 15 is 0 Å². The number of nitrogens with zero attached hydrogens (tertiary/aromatic N) is 3. The highest BCUT2D eigenvalue weighted by molar-refractivity contribution is 5.79. The van der Waals surface area contributed by atoms with Gasteiger partial charge in [-0.15, -0.1) is 0 Å². The number of alkyl halides is 3. The topological polar surface area (TPSA) is 52.1 Å². The van der Waals surface area contributed by atoms with Crippen LogP contribution in [0.15, 0.2) is 29.3 Å². The number of anilines is 1. The maximum absolute atomic E-state index is 12.9. The van der Waals surface area contributed by atoms with Crippen molar-refractivity contribution in [3.05, 3.63) is 29.8 Å². The van der Waals surface area contributed by atoms with E-state index in [2.05, 4.69) is 20.5 Å². The van der Waals surface area contributed by atoms with Crippen molar-refractivity contribution >= 4 is 11.6 Å². The van der Waals surface area contributed by atoms with E-state index in [1.165, 1.54) is 12.1 Å². The van der Waals surface area contributed by atoms with Crippen molar-refractivity contribution in [2.75, 3.05) is 71.0 Å². The first kappa shape index (κ1) is 23.3. The van der Waals surface area contributed by atoms with Gasteiger partial charge in [-0.2, -0.15) is 13.2 Å². The Morgan fingerprint density at radius 1 is 1.14 bits per heavy atom. The molecule has 0 amide bonds. The Labute approximate surface area is 171 Å². The van der Waals surface area contributed by atoms with Crippen LogP contribution in [0.5, 0.6) is 0 Å². The first-order valence-corrected chi connectivity index (χ1v) is 10.1. The molecule has 1 heterocycles. The average molecular weight is 416 g/mol. The minimum atomic E-state index is -4.30. The summed E-state index contributed by atoms with van der Waals surface area (Å²) in [6, 6.07) is 5.58. The third kappa shape index (κ3) is 8.10. The van der Waals surface area contributed by atoms with Crippen molar-refractivity contribution in [1.29, 1.82) is 0 Å². The zero-order valence-electron chi connectivity index (χ0n) is 17.3. The number of nitrogens with one attached hydrogen (secondary N) is 2. The molecule has 0 aromatic heterocycles. The van der Waals surface area contributed by atoms with Crippen molar-refractivity contribution in [3.8, 4) is 0 Å². The molecule has 1 aliphatic rings. The van der Waals surface area contributed by atoms with Crippen LogP contribution in [0.3, 0.4) is 0 Å². The summed E-state index contributed by atoms with van der Waals surface area (Å²) in [4.78, 5) is 8.54. The summed E-state index contributed by atoms with van der Waals surface area (Å²) in [5.74, 6) is 0.763. The van der Waals surface area contributed by atoms with E-state index in [1.807, 2.05) is 11.8 Å². The van der Waals surface area contributed by atoms with E-state index in [-0.39, 0.29) is 0 Å². The van der Waals surface area contributed by atoms with E-state index in [0.717, 1.165) is 57.7 Å². The molecule has 0 bridgehead atoms. The molecule has 1 aromatic rings. The van der Waals surface area contributed by atoms with Gasteiger partial charge in [0.25, 0.3) is 0 Å². The van der Waals surface area contributed by atoms with Gasteiger partial charge in [-0.05, 0) is 38.1 Å². The first-order valence-electron chi connectivity index (χ1n) is 10.1. The molecule has 0 spiro atoms. The lowest BCUT2D eigenvalue weighted by atomic mass is 10.1. The summed E-state index contributed by atoms with van der Waals surface area (Å²) in [7, 11) is 1.74. The smallest absolute Gasteiger partial charge is 0.380 e. The van der Waals surface area contributed by atoms with Gasteiger partial charge < -0.3 is 20.3 Å². The number of guanidine groups is 1. The molecule has 2 rings (SSSR count). The molecular formula is C20H32F3N5O. The Morgan fingerprint density at radius 2 is 1.86 bits per heavy atom. The van der Waals surface area contributed by atoms with Gasteiger partial charge in [0.1, 0.15) is 0 Å². The maximum atomic E-state index is 12.9. The summed E-state index contributed by atoms with van der Waals surface area (Å²) < 4.78 is 44.0. The second kappa shape index (κ2) is 11.9. The molecule has 1 fully saturated rings. The van der Waals surface area contributed by atoms with Crippen LogP contribution in [0.4, 0.5) is 18.9 Å². The van der Waals surface area contributed by atoms with Gasteiger partial charge in [-0.25, -0.2) is 0 Å². The summed E-state index contributed by atoms with van der Waals surface area (Å²) in [6.07, 6.45) is -3.33. The Kier molecular flexibility index (Phi) is 9.53. The summed E-state index contributed by atoms with van der Waals surface area (Å²) in [5, 5.41) is 6.48. The number of aliphatic imine (C=N–C) groups is 1. The first-order chi connectivity index (χ1) is 13.9. The number of piperazine rings is 1. The minimum Gasteiger partial charge on any atom is -0.380 e. The van der Waals surface area contributed by atoms with E-state index in [4.69, 9.17) is 4.74 Å². The molecular weight excluding hydrogens is 383 g/mol. The van der Waals surface area contributed by atoms with Crippen LogP contribution in [-0.2, 0) is 10.9 Å². The monoisotopic (exact) mass is 415 g/mol. The molecule has 29 heavy (non-hydrogen) atoms.